The fraction of sp³-hybridized carbons (Fsp3) is 0.238. The fourth-order valence-corrected chi connectivity index (χ4v) is 4.05. The van der Waals surface area contributed by atoms with Crippen molar-refractivity contribution in [2.45, 2.75) is 13.3 Å². The highest BCUT2D eigenvalue weighted by molar-refractivity contribution is 14.1. The van der Waals surface area contributed by atoms with E-state index in [0.717, 1.165) is 31.8 Å². The molecule has 0 aliphatic carbocycles. The highest BCUT2D eigenvalue weighted by Crippen LogP contribution is 2.33. The van der Waals surface area contributed by atoms with Gasteiger partial charge in [0.25, 0.3) is 0 Å². The summed E-state index contributed by atoms with van der Waals surface area (Å²) in [6.45, 7) is 2.76. The molecule has 3 rings (SSSR count). The quantitative estimate of drug-likeness (QED) is 0.167. The van der Waals surface area contributed by atoms with Crippen LogP contribution in [0.1, 0.15) is 16.1 Å². The van der Waals surface area contributed by atoms with Crippen LogP contribution in [0.15, 0.2) is 41.5 Å². The van der Waals surface area contributed by atoms with Crippen molar-refractivity contribution in [3.8, 4) is 17.2 Å². The fourth-order valence-electron chi connectivity index (χ4n) is 2.66. The first-order valence-electron chi connectivity index (χ1n) is 9.54. The molecule has 3 aromatic rings. The molecule has 32 heavy (non-hydrogen) atoms. The summed E-state index contributed by atoms with van der Waals surface area (Å²) >= 11 is 3.33. The third kappa shape index (κ3) is 6.79. The number of halogens is 1. The van der Waals surface area contributed by atoms with Gasteiger partial charge in [-0.25, -0.2) is 5.43 Å². The number of para-hydroxylation sites is 1. The van der Waals surface area contributed by atoms with E-state index < -0.39 is 0 Å². The van der Waals surface area contributed by atoms with Crippen LogP contribution in [0.4, 0.5) is 5.13 Å². The van der Waals surface area contributed by atoms with Crippen molar-refractivity contribution in [1.82, 2.24) is 15.6 Å². The second-order valence-electron chi connectivity index (χ2n) is 6.50. The number of amides is 1. The van der Waals surface area contributed by atoms with Crippen LogP contribution in [0, 0.1) is 10.5 Å². The first kappa shape index (κ1) is 23.7. The smallest absolute Gasteiger partial charge is 0.247 e. The molecular formula is C21H22IN5O4S. The van der Waals surface area contributed by atoms with E-state index in [0.29, 0.717) is 34.9 Å². The van der Waals surface area contributed by atoms with Crippen molar-refractivity contribution in [2.24, 2.45) is 5.10 Å². The summed E-state index contributed by atoms with van der Waals surface area (Å²) in [5, 5.41) is 12.3. The molecule has 9 nitrogen and oxygen atoms in total. The molecule has 1 aromatic heterocycles. The van der Waals surface area contributed by atoms with Crippen LogP contribution in [0.3, 0.4) is 0 Å². The van der Waals surface area contributed by atoms with Crippen LogP contribution in [-0.2, 0) is 11.2 Å². The van der Waals surface area contributed by atoms with E-state index in [1.165, 1.54) is 6.21 Å². The highest BCUT2D eigenvalue weighted by Gasteiger charge is 2.12. The van der Waals surface area contributed by atoms with Crippen molar-refractivity contribution in [3.63, 3.8) is 0 Å². The normalized spacial score (nSPS) is 10.8. The molecule has 0 bridgehead atoms. The van der Waals surface area contributed by atoms with E-state index in [-0.39, 0.29) is 12.3 Å². The monoisotopic (exact) mass is 567 g/mol. The van der Waals surface area contributed by atoms with Crippen LogP contribution < -0.4 is 25.4 Å². The minimum absolute atomic E-state index is 0.0599. The molecule has 1 heterocycles. The summed E-state index contributed by atoms with van der Waals surface area (Å²) in [5.41, 5.74) is 9.79. The van der Waals surface area contributed by atoms with Gasteiger partial charge in [-0.05, 0) is 58.8 Å². The lowest BCUT2D eigenvalue weighted by Gasteiger charge is -2.14. The summed E-state index contributed by atoms with van der Waals surface area (Å²) in [7, 11) is 1.57. The lowest BCUT2D eigenvalue weighted by Crippen LogP contribution is -2.19. The van der Waals surface area contributed by atoms with E-state index in [1.807, 2.05) is 37.3 Å². The number of carbonyl (C=O) groups is 1. The van der Waals surface area contributed by atoms with E-state index in [2.05, 4.69) is 43.3 Å². The number of nitrogens with zero attached hydrogens (tertiary/aromatic N) is 3. The first-order chi connectivity index (χ1) is 15.5. The Kier molecular flexibility index (Phi) is 8.62. The Bertz CT molecular complexity index is 1110. The van der Waals surface area contributed by atoms with Crippen molar-refractivity contribution >= 4 is 51.2 Å². The predicted octanol–water partition coefficient (Wildman–Crippen LogP) is 3.19. The summed E-state index contributed by atoms with van der Waals surface area (Å²) in [6.07, 6.45) is 1.59. The largest absolute Gasteiger partial charge is 0.493 e. The van der Waals surface area contributed by atoms with E-state index in [1.54, 1.807) is 13.2 Å². The molecule has 0 aliphatic heterocycles. The maximum absolute atomic E-state index is 11.9. The molecule has 3 N–H and O–H groups in total. The standard InChI is InChI=1S/C21H22IN5O4S/c1-13-5-3-4-6-16(13)30-7-8-31-20-15(22)9-14(10-17(20)29-2)12-24-25-18(28)11-19-26-27-21(23)32-19/h3-6,9-10,12H,7-8,11H2,1-2H3,(H2,23,27)(H,25,28)/b24-12-. The van der Waals surface area contributed by atoms with Gasteiger partial charge in [0.15, 0.2) is 11.5 Å². The van der Waals surface area contributed by atoms with Gasteiger partial charge in [0, 0.05) is 0 Å². The lowest BCUT2D eigenvalue weighted by molar-refractivity contribution is -0.120. The van der Waals surface area contributed by atoms with Crippen LogP contribution >= 0.6 is 33.9 Å². The number of rotatable bonds is 10. The number of aryl methyl sites for hydroxylation is 1. The SMILES string of the molecule is COc1cc(/C=N\NC(=O)Cc2nnc(N)s2)cc(I)c1OCCOc1ccccc1C. The number of hydrogen-bond acceptors (Lipinski definition) is 9. The summed E-state index contributed by atoms with van der Waals surface area (Å²) in [6, 6.07) is 11.5. The summed E-state index contributed by atoms with van der Waals surface area (Å²) in [5.74, 6) is 1.70. The van der Waals surface area contributed by atoms with Gasteiger partial charge in [-0.1, -0.05) is 29.5 Å². The number of ether oxygens (including phenoxy) is 3. The van der Waals surface area contributed by atoms with Crippen LogP contribution in [0.5, 0.6) is 17.2 Å². The van der Waals surface area contributed by atoms with Crippen LogP contribution in [-0.4, -0.2) is 42.6 Å². The molecule has 0 saturated carbocycles. The van der Waals surface area contributed by atoms with Gasteiger partial charge in [-0.2, -0.15) is 5.10 Å². The van der Waals surface area contributed by atoms with Gasteiger partial charge < -0.3 is 19.9 Å². The van der Waals surface area contributed by atoms with Crippen molar-refractivity contribution < 1.29 is 19.0 Å². The molecule has 168 valence electrons. The van der Waals surface area contributed by atoms with Crippen molar-refractivity contribution in [3.05, 3.63) is 56.1 Å². The third-order valence-electron chi connectivity index (χ3n) is 4.13. The Morgan fingerprint density at radius 3 is 2.72 bits per heavy atom. The van der Waals surface area contributed by atoms with E-state index in [9.17, 15) is 4.79 Å². The second kappa shape index (κ2) is 11.6. The van der Waals surface area contributed by atoms with E-state index >= 15 is 0 Å². The maximum atomic E-state index is 11.9. The highest BCUT2D eigenvalue weighted by atomic mass is 127. The number of nitrogen functional groups attached to an aromatic ring is 1. The number of benzene rings is 2. The Balaban J connectivity index is 1.54. The topological polar surface area (TPSA) is 121 Å². The minimum atomic E-state index is -0.312. The Hall–Kier alpha value is -2.93. The number of carbonyl (C=O) groups excluding carboxylic acids is 1. The summed E-state index contributed by atoms with van der Waals surface area (Å²) in [4.78, 5) is 11.9. The molecule has 1 amide bonds. The zero-order chi connectivity index (χ0) is 22.9. The van der Waals surface area contributed by atoms with Gasteiger partial charge >= 0.3 is 0 Å². The number of nitrogens with two attached hydrogens (primary N) is 1. The number of hydrazone groups is 1. The molecule has 11 heteroatoms. The molecule has 0 unspecified atom stereocenters. The van der Waals surface area contributed by atoms with Crippen LogP contribution in [0.25, 0.3) is 0 Å². The minimum Gasteiger partial charge on any atom is -0.493 e. The van der Waals surface area contributed by atoms with E-state index in [4.69, 9.17) is 19.9 Å². The molecule has 0 radical (unpaired) electrons. The first-order valence-corrected chi connectivity index (χ1v) is 11.4. The van der Waals surface area contributed by atoms with Gasteiger partial charge in [-0.15, -0.1) is 10.2 Å². The van der Waals surface area contributed by atoms with Crippen molar-refractivity contribution in [2.75, 3.05) is 26.1 Å². The Morgan fingerprint density at radius 1 is 1.22 bits per heavy atom. The van der Waals surface area contributed by atoms with Gasteiger partial charge in [0.05, 0.1) is 23.3 Å². The molecule has 0 spiro atoms. The average molecular weight is 567 g/mol. The average Bonchev–Trinajstić information content (AvgIpc) is 3.17. The number of nitrogens with one attached hydrogen (secondary N) is 1. The number of methoxy groups -OCH3 is 1. The number of aromatic nitrogens is 2. The Morgan fingerprint density at radius 2 is 2.00 bits per heavy atom. The van der Waals surface area contributed by atoms with Crippen LogP contribution in [0.2, 0.25) is 0 Å². The van der Waals surface area contributed by atoms with Gasteiger partial charge in [0.1, 0.15) is 24.0 Å². The molecule has 2 aromatic carbocycles. The number of anilines is 1. The van der Waals surface area contributed by atoms with Gasteiger partial charge in [-0.3, -0.25) is 4.79 Å². The third-order valence-corrected chi connectivity index (χ3v) is 5.68. The molecule has 0 saturated heterocycles. The van der Waals surface area contributed by atoms with Crippen molar-refractivity contribution in [1.29, 1.82) is 0 Å². The lowest BCUT2D eigenvalue weighted by atomic mass is 10.2. The predicted molar refractivity (Wildman–Crippen MR) is 132 cm³/mol. The molecular weight excluding hydrogens is 545 g/mol. The second-order valence-corrected chi connectivity index (χ2v) is 8.76. The Labute approximate surface area is 203 Å². The number of hydrogen-bond donors (Lipinski definition) is 2. The zero-order valence-corrected chi connectivity index (χ0v) is 20.5. The maximum Gasteiger partial charge on any atom is 0.247 e. The summed E-state index contributed by atoms with van der Waals surface area (Å²) < 4.78 is 18.0. The zero-order valence-electron chi connectivity index (χ0n) is 17.5. The van der Waals surface area contributed by atoms with Gasteiger partial charge in [0.2, 0.25) is 11.0 Å². The molecule has 0 atom stereocenters. The molecule has 0 aliphatic rings. The molecule has 0 fully saturated rings.